The molecule has 0 aliphatic carbocycles. The molecular formula is C19H17N3O2S. The number of fused-ring (bicyclic) bond motifs is 1. The van der Waals surface area contributed by atoms with Gasteiger partial charge in [-0.2, -0.15) is 0 Å². The largest absolute Gasteiger partial charge is 0.497 e. The Hall–Kier alpha value is -2.86. The predicted molar refractivity (Wildman–Crippen MR) is 100 cm³/mol. The lowest BCUT2D eigenvalue weighted by Gasteiger charge is -2.12. The smallest absolute Gasteiger partial charge is 0.148 e. The molecule has 25 heavy (non-hydrogen) atoms. The molecule has 0 unspecified atom stereocenters. The second kappa shape index (κ2) is 6.57. The third-order valence-electron chi connectivity index (χ3n) is 4.01. The quantitative estimate of drug-likeness (QED) is 0.540. The van der Waals surface area contributed by atoms with E-state index in [9.17, 15) is 0 Å². The van der Waals surface area contributed by atoms with Crippen LogP contribution in [0.15, 0.2) is 59.5 Å². The summed E-state index contributed by atoms with van der Waals surface area (Å²) in [6.07, 6.45) is 3.26. The molecule has 3 heterocycles. The van der Waals surface area contributed by atoms with E-state index in [-0.39, 0.29) is 6.04 Å². The van der Waals surface area contributed by atoms with Gasteiger partial charge in [-0.25, -0.2) is 9.97 Å². The molecule has 1 aromatic carbocycles. The lowest BCUT2D eigenvalue weighted by atomic mass is 10.2. The summed E-state index contributed by atoms with van der Waals surface area (Å²) in [6, 6.07) is 14.0. The topological polar surface area (TPSA) is 60.2 Å². The molecule has 0 saturated carbocycles. The van der Waals surface area contributed by atoms with Crippen molar-refractivity contribution in [2.75, 3.05) is 12.4 Å². The van der Waals surface area contributed by atoms with Crippen molar-refractivity contribution >= 4 is 27.4 Å². The fourth-order valence-corrected chi connectivity index (χ4v) is 3.74. The summed E-state index contributed by atoms with van der Waals surface area (Å²) in [5, 5.41) is 3.42. The van der Waals surface area contributed by atoms with Gasteiger partial charge in [-0.3, -0.25) is 0 Å². The molecule has 0 aliphatic rings. The lowest BCUT2D eigenvalue weighted by Crippen LogP contribution is -2.07. The first-order chi connectivity index (χ1) is 12.2. The molecule has 0 amide bonds. The molecule has 1 N–H and O–H groups in total. The van der Waals surface area contributed by atoms with Crippen LogP contribution in [0.25, 0.3) is 20.7 Å². The van der Waals surface area contributed by atoms with Crippen LogP contribution in [0.3, 0.4) is 0 Å². The van der Waals surface area contributed by atoms with Gasteiger partial charge < -0.3 is 14.5 Å². The highest BCUT2D eigenvalue weighted by molar-refractivity contribution is 7.22. The fraction of sp³-hybridized carbons (Fsp3) is 0.158. The molecule has 0 saturated heterocycles. The summed E-state index contributed by atoms with van der Waals surface area (Å²) in [6.45, 7) is 2.05. The minimum absolute atomic E-state index is 0.0274. The third-order valence-corrected chi connectivity index (χ3v) is 5.19. The van der Waals surface area contributed by atoms with E-state index in [0.29, 0.717) is 0 Å². The number of thiophene rings is 1. The number of furan rings is 1. The lowest BCUT2D eigenvalue weighted by molar-refractivity contribution is 0.415. The summed E-state index contributed by atoms with van der Waals surface area (Å²) in [5.74, 6) is 2.54. The molecular weight excluding hydrogens is 334 g/mol. The minimum Gasteiger partial charge on any atom is -0.497 e. The SMILES string of the molecule is COc1ccc(-c2cc3ncnc(N[C@H](C)c4ccco4)c3s2)cc1. The summed E-state index contributed by atoms with van der Waals surface area (Å²) in [4.78, 5) is 9.97. The average molecular weight is 351 g/mol. The Morgan fingerprint density at radius 3 is 2.72 bits per heavy atom. The molecule has 1 atom stereocenters. The maximum Gasteiger partial charge on any atom is 0.148 e. The Morgan fingerprint density at radius 2 is 2.00 bits per heavy atom. The van der Waals surface area contributed by atoms with E-state index in [2.05, 4.69) is 33.5 Å². The summed E-state index contributed by atoms with van der Waals surface area (Å²) in [5.41, 5.74) is 2.06. The zero-order valence-corrected chi connectivity index (χ0v) is 14.7. The van der Waals surface area contributed by atoms with Gasteiger partial charge in [-0.15, -0.1) is 11.3 Å². The van der Waals surface area contributed by atoms with Gasteiger partial charge in [0.1, 0.15) is 23.7 Å². The van der Waals surface area contributed by atoms with Gasteiger partial charge in [-0.1, -0.05) is 0 Å². The van der Waals surface area contributed by atoms with Gasteiger partial charge in [0.25, 0.3) is 0 Å². The van der Waals surface area contributed by atoms with Crippen LogP contribution in [0, 0.1) is 0 Å². The van der Waals surface area contributed by atoms with Crippen molar-refractivity contribution in [2.24, 2.45) is 0 Å². The highest BCUT2D eigenvalue weighted by atomic mass is 32.1. The second-order valence-corrected chi connectivity index (χ2v) is 6.71. The van der Waals surface area contributed by atoms with Gasteiger partial charge in [0.2, 0.25) is 0 Å². The van der Waals surface area contributed by atoms with Crippen LogP contribution in [0.4, 0.5) is 5.82 Å². The molecule has 0 spiro atoms. The molecule has 0 aliphatic heterocycles. The Labute approximate surface area is 149 Å². The van der Waals surface area contributed by atoms with Gasteiger partial charge in [0.05, 0.1) is 29.6 Å². The van der Waals surface area contributed by atoms with Crippen molar-refractivity contribution in [1.82, 2.24) is 9.97 Å². The van der Waals surface area contributed by atoms with Crippen LogP contribution in [-0.4, -0.2) is 17.1 Å². The monoisotopic (exact) mass is 351 g/mol. The number of ether oxygens (including phenoxy) is 1. The number of anilines is 1. The fourth-order valence-electron chi connectivity index (χ4n) is 2.67. The Morgan fingerprint density at radius 1 is 1.16 bits per heavy atom. The maximum absolute atomic E-state index is 5.46. The molecule has 0 radical (unpaired) electrons. The number of rotatable bonds is 5. The number of hydrogen-bond acceptors (Lipinski definition) is 6. The standard InChI is InChI=1S/C19H17N3O2S/c1-12(16-4-3-9-24-16)22-19-18-15(20-11-21-19)10-17(25-18)13-5-7-14(23-2)8-6-13/h3-12H,1-2H3,(H,20,21,22)/t12-/m1/s1. The third kappa shape index (κ3) is 3.08. The molecule has 0 fully saturated rings. The zero-order chi connectivity index (χ0) is 17.2. The molecule has 4 aromatic rings. The van der Waals surface area contributed by atoms with E-state index in [1.165, 1.54) is 0 Å². The van der Waals surface area contributed by atoms with Crippen LogP contribution < -0.4 is 10.1 Å². The Kier molecular flexibility index (Phi) is 4.11. The first kappa shape index (κ1) is 15.7. The van der Waals surface area contributed by atoms with E-state index >= 15 is 0 Å². The van der Waals surface area contributed by atoms with E-state index in [1.807, 2.05) is 31.2 Å². The van der Waals surface area contributed by atoms with Gasteiger partial charge >= 0.3 is 0 Å². The number of nitrogens with zero attached hydrogens (tertiary/aromatic N) is 2. The Bertz CT molecular complexity index is 978. The van der Waals surface area contributed by atoms with Crippen molar-refractivity contribution < 1.29 is 9.15 Å². The predicted octanol–water partition coefficient (Wildman–Crippen LogP) is 5.13. The summed E-state index contributed by atoms with van der Waals surface area (Å²) >= 11 is 1.67. The first-order valence-electron chi connectivity index (χ1n) is 7.93. The Balaban J connectivity index is 1.68. The average Bonchev–Trinajstić information content (AvgIpc) is 3.32. The van der Waals surface area contributed by atoms with E-state index in [1.54, 1.807) is 31.0 Å². The molecule has 0 bridgehead atoms. The van der Waals surface area contributed by atoms with E-state index < -0.39 is 0 Å². The highest BCUT2D eigenvalue weighted by Gasteiger charge is 2.14. The van der Waals surface area contributed by atoms with Crippen molar-refractivity contribution in [2.45, 2.75) is 13.0 Å². The normalized spacial score (nSPS) is 12.2. The number of hydrogen-bond donors (Lipinski definition) is 1. The minimum atomic E-state index is 0.0274. The van der Waals surface area contributed by atoms with Crippen molar-refractivity contribution in [3.8, 4) is 16.2 Å². The zero-order valence-electron chi connectivity index (χ0n) is 13.9. The van der Waals surface area contributed by atoms with Gasteiger partial charge in [-0.05, 0) is 55.0 Å². The molecule has 126 valence electrons. The molecule has 4 rings (SSSR count). The summed E-state index contributed by atoms with van der Waals surface area (Å²) in [7, 11) is 1.67. The van der Waals surface area contributed by atoms with Crippen LogP contribution in [0.5, 0.6) is 5.75 Å². The number of methoxy groups -OCH3 is 1. The molecule has 5 nitrogen and oxygen atoms in total. The van der Waals surface area contributed by atoms with Crippen LogP contribution >= 0.6 is 11.3 Å². The van der Waals surface area contributed by atoms with Gasteiger partial charge in [0, 0.05) is 4.88 Å². The van der Waals surface area contributed by atoms with Crippen LogP contribution in [0.2, 0.25) is 0 Å². The van der Waals surface area contributed by atoms with E-state index in [0.717, 1.165) is 38.0 Å². The number of benzene rings is 1. The molecule has 6 heteroatoms. The van der Waals surface area contributed by atoms with Crippen molar-refractivity contribution in [3.63, 3.8) is 0 Å². The number of nitrogens with one attached hydrogen (secondary N) is 1. The van der Waals surface area contributed by atoms with Crippen LogP contribution in [0.1, 0.15) is 18.7 Å². The number of aromatic nitrogens is 2. The van der Waals surface area contributed by atoms with Gasteiger partial charge in [0.15, 0.2) is 0 Å². The van der Waals surface area contributed by atoms with E-state index in [4.69, 9.17) is 9.15 Å². The highest BCUT2D eigenvalue weighted by Crippen LogP contribution is 2.37. The second-order valence-electron chi connectivity index (χ2n) is 5.66. The maximum atomic E-state index is 5.46. The molecule has 3 aromatic heterocycles. The van der Waals surface area contributed by atoms with Crippen molar-refractivity contribution in [3.05, 3.63) is 60.8 Å². The first-order valence-corrected chi connectivity index (χ1v) is 8.75. The van der Waals surface area contributed by atoms with Crippen molar-refractivity contribution in [1.29, 1.82) is 0 Å². The summed E-state index contributed by atoms with van der Waals surface area (Å²) < 4.78 is 11.7. The van der Waals surface area contributed by atoms with Crippen LogP contribution in [-0.2, 0) is 0 Å².